The van der Waals surface area contributed by atoms with Gasteiger partial charge in [0.1, 0.15) is 0 Å². The van der Waals surface area contributed by atoms with Crippen molar-refractivity contribution in [2.45, 2.75) is 32.0 Å². The second-order valence-corrected chi connectivity index (χ2v) is 5.07. The Kier molecular flexibility index (Phi) is 9.17. The van der Waals surface area contributed by atoms with Gasteiger partial charge in [0.05, 0.1) is 11.6 Å². The molecule has 0 spiro atoms. The lowest BCUT2D eigenvalue weighted by molar-refractivity contribution is -0.159. The molecule has 0 aromatic heterocycles. The number of halogens is 1. The summed E-state index contributed by atoms with van der Waals surface area (Å²) in [5.41, 5.74) is 0.528. The highest BCUT2D eigenvalue weighted by molar-refractivity contribution is 6.33. The summed E-state index contributed by atoms with van der Waals surface area (Å²) in [6.07, 6.45) is 4.74. The summed E-state index contributed by atoms with van der Waals surface area (Å²) in [7, 11) is 4.65. The van der Waals surface area contributed by atoms with Gasteiger partial charge in [-0.15, -0.1) is 0 Å². The average molecular weight is 318 g/mol. The molecule has 0 aliphatic rings. The lowest BCUT2D eigenvalue weighted by atomic mass is 9.97. The summed E-state index contributed by atoms with van der Waals surface area (Å²) in [5, 5.41) is 9.33. The fourth-order valence-corrected chi connectivity index (χ4v) is 2.03. The minimum absolute atomic E-state index is 0.411. The van der Waals surface area contributed by atoms with Crippen LogP contribution < -0.4 is 0 Å². The first-order valence-corrected chi connectivity index (χ1v) is 7.04. The van der Waals surface area contributed by atoms with Crippen LogP contribution in [0.3, 0.4) is 0 Å². The van der Waals surface area contributed by atoms with Gasteiger partial charge in [-0.25, -0.2) is 0 Å². The van der Waals surface area contributed by atoms with Gasteiger partial charge < -0.3 is 14.6 Å². The summed E-state index contributed by atoms with van der Waals surface area (Å²) >= 11 is 5.96. The Morgan fingerprint density at radius 2 is 2.05 bits per heavy atom. The van der Waals surface area contributed by atoms with Crippen LogP contribution in [0.4, 0.5) is 0 Å². The highest BCUT2D eigenvalue weighted by Crippen LogP contribution is 2.25. The molecule has 0 fully saturated rings. The van der Waals surface area contributed by atoms with E-state index in [9.17, 15) is 4.79 Å². The van der Waals surface area contributed by atoms with Gasteiger partial charge in [-0.3, -0.25) is 9.79 Å². The van der Waals surface area contributed by atoms with E-state index in [4.69, 9.17) is 26.2 Å². The van der Waals surface area contributed by atoms with E-state index in [1.54, 1.807) is 20.0 Å². The normalized spacial score (nSPS) is 14.9. The van der Waals surface area contributed by atoms with Crippen molar-refractivity contribution in [2.24, 2.45) is 10.9 Å². The molecule has 0 aromatic carbocycles. The van der Waals surface area contributed by atoms with Gasteiger partial charge >= 0.3 is 5.97 Å². The van der Waals surface area contributed by atoms with Crippen LogP contribution in [0.15, 0.2) is 28.8 Å². The summed E-state index contributed by atoms with van der Waals surface area (Å²) in [6.45, 7) is 5.26. The van der Waals surface area contributed by atoms with Crippen LogP contribution >= 0.6 is 11.6 Å². The highest BCUT2D eigenvalue weighted by atomic mass is 35.5. The molecular formula is C15H24ClNO4. The fourth-order valence-electron chi connectivity index (χ4n) is 1.92. The number of aliphatic imine (C=N–C) groups is 1. The molecule has 21 heavy (non-hydrogen) atoms. The van der Waals surface area contributed by atoms with Crippen LogP contribution in [0.25, 0.3) is 0 Å². The maximum absolute atomic E-state index is 10.8. The van der Waals surface area contributed by atoms with Crippen molar-refractivity contribution < 1.29 is 19.4 Å². The van der Waals surface area contributed by atoms with E-state index in [1.165, 1.54) is 20.3 Å². The third-order valence-electron chi connectivity index (χ3n) is 3.32. The second-order valence-electron chi connectivity index (χ2n) is 4.63. The van der Waals surface area contributed by atoms with E-state index in [1.807, 2.05) is 0 Å². The molecule has 1 unspecified atom stereocenters. The number of carboxylic acid groups (broad SMARTS) is 1. The number of hydrogen-bond donors (Lipinski definition) is 1. The molecule has 0 aliphatic carbocycles. The minimum atomic E-state index is -1.05. The number of hydrogen-bond acceptors (Lipinski definition) is 4. The standard InChI is InChI=1S/C15H24ClNO4/c1-6-12(16)10-13(17-3)15(20-4,21-5)9-7-8-11(2)14(18)19/h6,10-11H,1,7-9H2,2-5H3,(H,18,19)/b12-10+,17-13?. The van der Waals surface area contributed by atoms with Crippen LogP contribution in [0.2, 0.25) is 0 Å². The molecule has 0 bridgehead atoms. The monoisotopic (exact) mass is 317 g/mol. The summed E-state index contributed by atoms with van der Waals surface area (Å²) in [4.78, 5) is 15.0. The molecule has 0 saturated carbocycles. The van der Waals surface area contributed by atoms with Crippen molar-refractivity contribution in [3.05, 3.63) is 23.8 Å². The first-order valence-electron chi connectivity index (χ1n) is 6.66. The quantitative estimate of drug-likeness (QED) is 0.381. The number of carbonyl (C=O) groups is 1. The number of rotatable bonds is 10. The Morgan fingerprint density at radius 1 is 1.48 bits per heavy atom. The Hall–Kier alpha value is -1.17. The summed E-state index contributed by atoms with van der Waals surface area (Å²) in [5.74, 6) is -2.27. The molecular weight excluding hydrogens is 294 g/mol. The second kappa shape index (κ2) is 9.71. The Morgan fingerprint density at radius 3 is 2.43 bits per heavy atom. The number of ether oxygens (including phenoxy) is 2. The maximum Gasteiger partial charge on any atom is 0.306 e. The number of nitrogens with zero attached hydrogens (tertiary/aromatic N) is 1. The molecule has 0 aromatic rings. The summed E-state index contributed by atoms with van der Waals surface area (Å²) < 4.78 is 11.0. The highest BCUT2D eigenvalue weighted by Gasteiger charge is 2.34. The van der Waals surface area contributed by atoms with Crippen molar-refractivity contribution in [1.29, 1.82) is 0 Å². The van der Waals surface area contributed by atoms with Crippen LogP contribution in [0.5, 0.6) is 0 Å². The van der Waals surface area contributed by atoms with Gasteiger partial charge in [-0.2, -0.15) is 0 Å². The van der Waals surface area contributed by atoms with E-state index < -0.39 is 17.7 Å². The first kappa shape index (κ1) is 19.8. The molecule has 0 heterocycles. The van der Waals surface area contributed by atoms with Crippen molar-refractivity contribution in [3.63, 3.8) is 0 Å². The fraction of sp³-hybridized carbons (Fsp3) is 0.600. The predicted molar refractivity (Wildman–Crippen MR) is 84.9 cm³/mol. The van der Waals surface area contributed by atoms with E-state index in [0.29, 0.717) is 30.0 Å². The van der Waals surface area contributed by atoms with Gasteiger partial charge in [-0.05, 0) is 18.9 Å². The van der Waals surface area contributed by atoms with Crippen molar-refractivity contribution >= 4 is 23.3 Å². The van der Waals surface area contributed by atoms with Crippen molar-refractivity contribution in [2.75, 3.05) is 21.3 Å². The minimum Gasteiger partial charge on any atom is -0.481 e. The third kappa shape index (κ3) is 5.99. The van der Waals surface area contributed by atoms with Crippen molar-refractivity contribution in [1.82, 2.24) is 0 Å². The molecule has 0 rings (SSSR count). The third-order valence-corrected chi connectivity index (χ3v) is 3.59. The van der Waals surface area contributed by atoms with Gasteiger partial charge in [0, 0.05) is 32.7 Å². The van der Waals surface area contributed by atoms with E-state index >= 15 is 0 Å². The molecule has 6 heteroatoms. The topological polar surface area (TPSA) is 68.1 Å². The predicted octanol–water partition coefficient (Wildman–Crippen LogP) is 3.25. The molecule has 0 saturated heterocycles. The van der Waals surface area contributed by atoms with Crippen LogP contribution in [0, 0.1) is 5.92 Å². The Labute approximate surface area is 131 Å². The average Bonchev–Trinajstić information content (AvgIpc) is 2.49. The number of carboxylic acids is 1. The smallest absolute Gasteiger partial charge is 0.306 e. The Bertz CT molecular complexity index is 414. The lowest BCUT2D eigenvalue weighted by Gasteiger charge is -2.31. The number of allylic oxidation sites excluding steroid dienone is 2. The van der Waals surface area contributed by atoms with Crippen LogP contribution in [-0.2, 0) is 14.3 Å². The van der Waals surface area contributed by atoms with Crippen molar-refractivity contribution in [3.8, 4) is 0 Å². The Balaban J connectivity index is 5.06. The van der Waals surface area contributed by atoms with E-state index in [0.717, 1.165) is 0 Å². The number of aliphatic carboxylic acids is 1. The SMILES string of the molecule is C=C/C(Cl)=C\C(=NC)C(CCCC(C)C(=O)O)(OC)OC. The lowest BCUT2D eigenvalue weighted by Crippen LogP contribution is -2.42. The van der Waals surface area contributed by atoms with E-state index in [2.05, 4.69) is 11.6 Å². The molecule has 0 amide bonds. The van der Waals surface area contributed by atoms with Gasteiger partial charge in [0.2, 0.25) is 5.79 Å². The van der Waals surface area contributed by atoms with Crippen LogP contribution in [-0.4, -0.2) is 43.8 Å². The van der Waals surface area contributed by atoms with E-state index in [-0.39, 0.29) is 0 Å². The van der Waals surface area contributed by atoms with Gasteiger partial charge in [0.15, 0.2) is 0 Å². The molecule has 0 radical (unpaired) electrons. The molecule has 5 nitrogen and oxygen atoms in total. The first-order chi connectivity index (χ1) is 9.86. The van der Waals surface area contributed by atoms with Gasteiger partial charge in [-0.1, -0.05) is 31.2 Å². The van der Waals surface area contributed by atoms with Gasteiger partial charge in [0.25, 0.3) is 0 Å². The van der Waals surface area contributed by atoms with Crippen LogP contribution in [0.1, 0.15) is 26.2 Å². The summed E-state index contributed by atoms with van der Waals surface area (Å²) in [6, 6.07) is 0. The number of methoxy groups -OCH3 is 2. The molecule has 1 atom stereocenters. The zero-order chi connectivity index (χ0) is 16.5. The molecule has 0 aliphatic heterocycles. The molecule has 1 N–H and O–H groups in total. The maximum atomic E-state index is 10.8. The zero-order valence-corrected chi connectivity index (χ0v) is 13.8. The largest absolute Gasteiger partial charge is 0.481 e. The molecule has 120 valence electrons. The zero-order valence-electron chi connectivity index (χ0n) is 13.1.